The molecule has 0 aliphatic carbocycles. The van der Waals surface area contributed by atoms with E-state index in [0.717, 1.165) is 70.9 Å². The molecule has 4 heteroatoms. The van der Waals surface area contributed by atoms with E-state index in [1.807, 2.05) is 6.07 Å². The lowest BCUT2D eigenvalue weighted by atomic mass is 10.0. The molecule has 0 saturated heterocycles. The Bertz CT molecular complexity index is 3200. The van der Waals surface area contributed by atoms with Gasteiger partial charge in [-0.3, -0.25) is 0 Å². The summed E-state index contributed by atoms with van der Waals surface area (Å²) in [7, 11) is 0. The van der Waals surface area contributed by atoms with E-state index in [2.05, 4.69) is 205 Å². The van der Waals surface area contributed by atoms with Gasteiger partial charge in [-0.2, -0.15) is 0 Å². The van der Waals surface area contributed by atoms with Gasteiger partial charge in [0, 0.05) is 33.4 Å². The topological polar surface area (TPSA) is 29.3 Å². The van der Waals surface area contributed by atoms with Crippen molar-refractivity contribution in [3.63, 3.8) is 0 Å². The van der Waals surface area contributed by atoms with Crippen LogP contribution in [0.2, 0.25) is 0 Å². The third kappa shape index (κ3) is 6.04. The van der Waals surface area contributed by atoms with Gasteiger partial charge < -0.3 is 9.32 Å². The molecule has 9 aromatic carbocycles. The van der Waals surface area contributed by atoms with Crippen LogP contribution in [0.5, 0.6) is 0 Å². The fourth-order valence-electron chi connectivity index (χ4n) is 7.99. The molecule has 2 aromatic heterocycles. The van der Waals surface area contributed by atoms with Gasteiger partial charge in [-0.25, -0.2) is 4.98 Å². The summed E-state index contributed by atoms with van der Waals surface area (Å²) in [5.74, 6) is 0. The molecular weight excluding hydrogens is 713 g/mol. The van der Waals surface area contributed by atoms with E-state index >= 15 is 0 Å². The first kappa shape index (κ1) is 33.1. The average Bonchev–Trinajstić information content (AvgIpc) is 3.89. The van der Waals surface area contributed by atoms with E-state index < -0.39 is 0 Å². The monoisotopic (exact) mass is 746 g/mol. The molecule has 0 aliphatic rings. The van der Waals surface area contributed by atoms with E-state index in [-0.39, 0.29) is 0 Å². The molecule has 268 valence electrons. The van der Waals surface area contributed by atoms with Crippen LogP contribution in [0.4, 0.5) is 17.1 Å². The second-order valence-electron chi connectivity index (χ2n) is 14.4. The van der Waals surface area contributed by atoms with Crippen LogP contribution in [-0.2, 0) is 0 Å². The Morgan fingerprint density at radius 3 is 1.56 bits per heavy atom. The summed E-state index contributed by atoms with van der Waals surface area (Å²) >= 11 is 1.73. The Morgan fingerprint density at radius 2 is 0.895 bits per heavy atom. The Kier molecular flexibility index (Phi) is 8.01. The molecule has 2 heterocycles. The first-order chi connectivity index (χ1) is 28.2. The van der Waals surface area contributed by atoms with E-state index in [1.54, 1.807) is 11.3 Å². The summed E-state index contributed by atoms with van der Waals surface area (Å²) in [6.45, 7) is 0. The fraction of sp³-hybridized carbons (Fsp3) is 0. The number of hydrogen-bond acceptors (Lipinski definition) is 4. The molecule has 11 rings (SSSR count). The van der Waals surface area contributed by atoms with E-state index in [1.165, 1.54) is 33.0 Å². The molecule has 3 nitrogen and oxygen atoms in total. The van der Waals surface area contributed by atoms with Crippen molar-refractivity contribution in [2.75, 3.05) is 4.90 Å². The molecule has 0 atom stereocenters. The second-order valence-corrected chi connectivity index (χ2v) is 15.4. The minimum Gasteiger partial charge on any atom is -0.456 e. The zero-order valence-electron chi connectivity index (χ0n) is 30.8. The Hall–Kier alpha value is -7.27. The zero-order valence-corrected chi connectivity index (χ0v) is 31.7. The predicted molar refractivity (Wildman–Crippen MR) is 241 cm³/mol. The average molecular weight is 747 g/mol. The summed E-state index contributed by atoms with van der Waals surface area (Å²) in [6, 6.07) is 73.4. The Morgan fingerprint density at radius 1 is 0.386 bits per heavy atom. The summed E-state index contributed by atoms with van der Waals surface area (Å²) in [5.41, 5.74) is 14.2. The fourth-order valence-corrected chi connectivity index (χ4v) is 9.11. The third-order valence-electron chi connectivity index (χ3n) is 10.9. The van der Waals surface area contributed by atoms with Gasteiger partial charge in [-0.15, -0.1) is 11.3 Å². The molecule has 0 fully saturated rings. The van der Waals surface area contributed by atoms with Crippen molar-refractivity contribution in [3.05, 3.63) is 206 Å². The second kappa shape index (κ2) is 13.8. The molecule has 0 aliphatic heterocycles. The molecule has 0 N–H and O–H groups in total. The van der Waals surface area contributed by atoms with E-state index in [0.29, 0.717) is 0 Å². The molecule has 0 unspecified atom stereocenters. The number of anilines is 3. The van der Waals surface area contributed by atoms with Crippen LogP contribution >= 0.6 is 11.3 Å². The van der Waals surface area contributed by atoms with Crippen molar-refractivity contribution in [1.82, 2.24) is 4.98 Å². The molecule has 0 saturated carbocycles. The Balaban J connectivity index is 0.955. The number of rotatable bonds is 7. The van der Waals surface area contributed by atoms with Gasteiger partial charge in [0.1, 0.15) is 16.2 Å². The van der Waals surface area contributed by atoms with Gasteiger partial charge >= 0.3 is 0 Å². The summed E-state index contributed by atoms with van der Waals surface area (Å²) < 4.78 is 7.56. The number of nitrogens with zero attached hydrogens (tertiary/aromatic N) is 2. The molecular formula is C53H34N2OS. The van der Waals surface area contributed by atoms with Gasteiger partial charge in [0.2, 0.25) is 0 Å². The SMILES string of the molecule is c1ccc(-c2ccc(-c3nc4ccc5oc6ccc(-c7ccc(N(c8ccc(-c9ccccc9)cc8)c8ccc9ccccc9c8)cc7)cc6c5c4s3)cc2)cc1. The summed E-state index contributed by atoms with van der Waals surface area (Å²) in [4.78, 5) is 7.43. The highest BCUT2D eigenvalue weighted by molar-refractivity contribution is 7.22. The van der Waals surface area contributed by atoms with Crippen LogP contribution in [-0.4, -0.2) is 4.98 Å². The lowest BCUT2D eigenvalue weighted by Crippen LogP contribution is -2.09. The molecule has 57 heavy (non-hydrogen) atoms. The predicted octanol–water partition coefficient (Wildman–Crippen LogP) is 15.5. The van der Waals surface area contributed by atoms with Gasteiger partial charge in [-0.1, -0.05) is 146 Å². The summed E-state index contributed by atoms with van der Waals surface area (Å²) in [5, 5.41) is 5.66. The smallest absolute Gasteiger partial charge is 0.137 e. The minimum absolute atomic E-state index is 0.876. The van der Waals surface area contributed by atoms with Gasteiger partial charge in [0.15, 0.2) is 0 Å². The zero-order chi connectivity index (χ0) is 37.7. The van der Waals surface area contributed by atoms with Gasteiger partial charge in [-0.05, 0) is 105 Å². The first-order valence-corrected chi connectivity index (χ1v) is 20.0. The maximum Gasteiger partial charge on any atom is 0.137 e. The number of benzene rings is 9. The number of fused-ring (bicyclic) bond motifs is 6. The minimum atomic E-state index is 0.876. The lowest BCUT2D eigenvalue weighted by Gasteiger charge is -2.26. The highest BCUT2D eigenvalue weighted by Gasteiger charge is 2.18. The van der Waals surface area contributed by atoms with Crippen molar-refractivity contribution in [1.29, 1.82) is 0 Å². The molecule has 0 amide bonds. The van der Waals surface area contributed by atoms with Crippen molar-refractivity contribution in [3.8, 4) is 44.0 Å². The highest BCUT2D eigenvalue weighted by atomic mass is 32.1. The normalized spacial score (nSPS) is 11.5. The quantitative estimate of drug-likeness (QED) is 0.163. The molecule has 11 aromatic rings. The van der Waals surface area contributed by atoms with Crippen LogP contribution in [0, 0.1) is 0 Å². The van der Waals surface area contributed by atoms with Crippen molar-refractivity contribution >= 4 is 71.3 Å². The van der Waals surface area contributed by atoms with E-state index in [9.17, 15) is 0 Å². The Labute approximate surface area is 334 Å². The third-order valence-corrected chi connectivity index (χ3v) is 12.0. The number of hydrogen-bond donors (Lipinski definition) is 0. The number of thiazole rings is 1. The first-order valence-electron chi connectivity index (χ1n) is 19.2. The highest BCUT2D eigenvalue weighted by Crippen LogP contribution is 2.42. The molecule has 0 spiro atoms. The van der Waals surface area contributed by atoms with Crippen molar-refractivity contribution in [2.24, 2.45) is 0 Å². The van der Waals surface area contributed by atoms with E-state index in [4.69, 9.17) is 9.40 Å². The number of aromatic nitrogens is 1. The van der Waals surface area contributed by atoms with Crippen LogP contribution in [0.25, 0.3) is 86.9 Å². The maximum atomic E-state index is 6.42. The molecule has 0 bridgehead atoms. The lowest BCUT2D eigenvalue weighted by molar-refractivity contribution is 0.669. The summed E-state index contributed by atoms with van der Waals surface area (Å²) in [6.07, 6.45) is 0. The van der Waals surface area contributed by atoms with Crippen LogP contribution in [0.1, 0.15) is 0 Å². The van der Waals surface area contributed by atoms with Crippen LogP contribution in [0.15, 0.2) is 211 Å². The van der Waals surface area contributed by atoms with Crippen molar-refractivity contribution < 1.29 is 4.42 Å². The van der Waals surface area contributed by atoms with Crippen LogP contribution < -0.4 is 4.90 Å². The largest absolute Gasteiger partial charge is 0.456 e. The van der Waals surface area contributed by atoms with Crippen molar-refractivity contribution in [2.45, 2.75) is 0 Å². The standard InChI is InChI=1S/C53H34N2OS/c1-3-9-35(10-4-1)38-15-17-41(18-16-38)53-54-48-30-32-50-51(52(48)57-53)47-34-43(24-31-49(47)56-50)40-21-27-45(28-22-40)55(46-29-23-37-13-7-8-14-42(37)33-46)44-25-19-39(20-26-44)36-11-5-2-6-12-36/h1-34H. The van der Waals surface area contributed by atoms with Gasteiger partial charge in [0.25, 0.3) is 0 Å². The van der Waals surface area contributed by atoms with Crippen LogP contribution in [0.3, 0.4) is 0 Å². The van der Waals surface area contributed by atoms with Gasteiger partial charge in [0.05, 0.1) is 10.2 Å². The molecule has 0 radical (unpaired) electrons. The number of furan rings is 1. The maximum absolute atomic E-state index is 6.42.